The van der Waals surface area contributed by atoms with Crippen LogP contribution in [0.4, 0.5) is 4.79 Å². The van der Waals surface area contributed by atoms with Crippen LogP contribution in [-0.4, -0.2) is 78.6 Å². The number of carbonyl (C=O) groups excluding carboxylic acids is 3. The number of hydrogen-bond acceptors (Lipinski definition) is 6. The normalized spacial score (nSPS) is 19.4. The van der Waals surface area contributed by atoms with Gasteiger partial charge in [0, 0.05) is 31.7 Å². The molecule has 4 amide bonds. The number of nitrogens with one attached hydrogen (secondary N) is 2. The van der Waals surface area contributed by atoms with E-state index in [1.807, 2.05) is 43.9 Å². The minimum atomic E-state index is -0.666. The van der Waals surface area contributed by atoms with E-state index in [4.69, 9.17) is 9.47 Å². The molecule has 0 bridgehead atoms. The molecule has 1 atom stereocenters. The van der Waals surface area contributed by atoms with Crippen LogP contribution in [-0.2, 0) is 9.59 Å². The predicted octanol–water partition coefficient (Wildman–Crippen LogP) is 0.595. The molecule has 1 saturated heterocycles. The summed E-state index contributed by atoms with van der Waals surface area (Å²) < 4.78 is 11.4. The van der Waals surface area contributed by atoms with E-state index in [2.05, 4.69) is 10.6 Å². The number of nitrogens with zero attached hydrogens (tertiary/aromatic N) is 2. The summed E-state index contributed by atoms with van der Waals surface area (Å²) in [4.78, 5) is 40.2. The van der Waals surface area contributed by atoms with Gasteiger partial charge in [-0.25, -0.2) is 4.79 Å². The van der Waals surface area contributed by atoms with Crippen molar-refractivity contribution in [3.8, 4) is 11.5 Å². The lowest BCUT2D eigenvalue weighted by Crippen LogP contribution is -2.56. The minimum absolute atomic E-state index is 0.107. The van der Waals surface area contributed by atoms with Gasteiger partial charge >= 0.3 is 6.03 Å². The number of amides is 4. The molecule has 1 fully saturated rings. The molecule has 9 nitrogen and oxygen atoms in total. The van der Waals surface area contributed by atoms with Gasteiger partial charge in [-0.15, -0.1) is 0 Å². The lowest BCUT2D eigenvalue weighted by molar-refractivity contribution is -0.143. The van der Waals surface area contributed by atoms with Crippen LogP contribution < -0.4 is 20.1 Å². The molecule has 1 unspecified atom stereocenters. The third kappa shape index (κ3) is 5.83. The molecule has 2 aliphatic rings. The second-order valence-electron chi connectivity index (χ2n) is 8.22. The zero-order valence-electron chi connectivity index (χ0n) is 17.1. The summed E-state index contributed by atoms with van der Waals surface area (Å²) in [5, 5.41) is 5.02. The molecule has 2 N–H and O–H groups in total. The largest absolute Gasteiger partial charge is 0.485 e. The maximum atomic E-state index is 12.7. The Balaban J connectivity index is 1.43. The molecule has 3 rings (SSSR count). The van der Waals surface area contributed by atoms with Gasteiger partial charge in [-0.05, 0) is 32.9 Å². The van der Waals surface area contributed by atoms with Crippen molar-refractivity contribution in [3.63, 3.8) is 0 Å². The number of hydrogen-bond donors (Lipinski definition) is 2. The molecule has 0 aromatic heterocycles. The van der Waals surface area contributed by atoms with E-state index >= 15 is 0 Å². The van der Waals surface area contributed by atoms with Crippen LogP contribution in [0.1, 0.15) is 20.8 Å². The maximum absolute atomic E-state index is 12.7. The topological polar surface area (TPSA) is 100 Å². The van der Waals surface area contributed by atoms with Gasteiger partial charge in [-0.2, -0.15) is 0 Å². The summed E-state index contributed by atoms with van der Waals surface area (Å²) in [6.45, 7) is 7.88. The standard InChI is InChI=1S/C20H28N4O5/c1-20(2,3)22-19(27)21-17(25)12-23-8-10-24(11-9-23)18(26)16-13-28-14-6-4-5-7-15(14)29-16/h4-7,16H,8-13H2,1-3H3,(H2,21,22,25,27). The first-order chi connectivity index (χ1) is 13.7. The first-order valence-electron chi connectivity index (χ1n) is 9.73. The van der Waals surface area contributed by atoms with E-state index < -0.39 is 17.7 Å². The van der Waals surface area contributed by atoms with Crippen molar-refractivity contribution < 1.29 is 23.9 Å². The van der Waals surface area contributed by atoms with E-state index in [9.17, 15) is 14.4 Å². The molecular formula is C20H28N4O5. The van der Waals surface area contributed by atoms with Gasteiger partial charge in [-0.1, -0.05) is 12.1 Å². The van der Waals surface area contributed by atoms with E-state index in [0.29, 0.717) is 37.7 Å². The van der Waals surface area contributed by atoms with Gasteiger partial charge in [0.1, 0.15) is 6.61 Å². The SMILES string of the molecule is CC(C)(C)NC(=O)NC(=O)CN1CCN(C(=O)C2COc3ccccc3O2)CC1. The van der Waals surface area contributed by atoms with E-state index in [1.165, 1.54) is 0 Å². The molecule has 158 valence electrons. The molecule has 1 aromatic rings. The molecule has 2 heterocycles. The lowest BCUT2D eigenvalue weighted by Gasteiger charge is -2.36. The highest BCUT2D eigenvalue weighted by Gasteiger charge is 2.33. The van der Waals surface area contributed by atoms with Crippen molar-refractivity contribution in [2.75, 3.05) is 39.3 Å². The number of imide groups is 1. The van der Waals surface area contributed by atoms with Crippen molar-refractivity contribution in [2.24, 2.45) is 0 Å². The number of benzene rings is 1. The van der Waals surface area contributed by atoms with Crippen molar-refractivity contribution >= 4 is 17.8 Å². The van der Waals surface area contributed by atoms with Crippen LogP contribution in [0.15, 0.2) is 24.3 Å². The molecule has 29 heavy (non-hydrogen) atoms. The van der Waals surface area contributed by atoms with E-state index in [1.54, 1.807) is 11.0 Å². The third-order valence-electron chi connectivity index (χ3n) is 4.58. The molecular weight excluding hydrogens is 376 g/mol. The number of piperazine rings is 1. The summed E-state index contributed by atoms with van der Waals surface area (Å²) in [5.41, 5.74) is -0.415. The molecule has 0 aliphatic carbocycles. The van der Waals surface area contributed by atoms with Crippen molar-refractivity contribution in [1.82, 2.24) is 20.4 Å². The highest BCUT2D eigenvalue weighted by molar-refractivity contribution is 5.95. The summed E-state index contributed by atoms with van der Waals surface area (Å²) in [6.07, 6.45) is -0.666. The van der Waals surface area contributed by atoms with Crippen LogP contribution in [0.3, 0.4) is 0 Å². The fraction of sp³-hybridized carbons (Fsp3) is 0.550. The second-order valence-corrected chi connectivity index (χ2v) is 8.22. The van der Waals surface area contributed by atoms with Crippen LogP contribution in [0.2, 0.25) is 0 Å². The van der Waals surface area contributed by atoms with Crippen LogP contribution >= 0.6 is 0 Å². The Morgan fingerprint density at radius 1 is 1.07 bits per heavy atom. The highest BCUT2D eigenvalue weighted by Crippen LogP contribution is 2.31. The second kappa shape index (κ2) is 8.69. The van der Waals surface area contributed by atoms with Gasteiger partial charge < -0.3 is 19.7 Å². The molecule has 0 saturated carbocycles. The monoisotopic (exact) mass is 404 g/mol. The smallest absolute Gasteiger partial charge is 0.321 e. The molecule has 2 aliphatic heterocycles. The zero-order valence-corrected chi connectivity index (χ0v) is 17.1. The zero-order chi connectivity index (χ0) is 21.0. The number of fused-ring (bicyclic) bond motifs is 1. The summed E-state index contributed by atoms with van der Waals surface area (Å²) in [6, 6.07) is 6.77. The number of ether oxygens (including phenoxy) is 2. The third-order valence-corrected chi connectivity index (χ3v) is 4.58. The first kappa shape index (κ1) is 20.9. The molecule has 9 heteroatoms. The molecule has 0 radical (unpaired) electrons. The van der Waals surface area contributed by atoms with Gasteiger partial charge in [0.15, 0.2) is 11.5 Å². The summed E-state index contributed by atoms with van der Waals surface area (Å²) in [7, 11) is 0. The van der Waals surface area contributed by atoms with E-state index in [0.717, 1.165) is 0 Å². The number of para-hydroxylation sites is 2. The predicted molar refractivity (Wildman–Crippen MR) is 106 cm³/mol. The van der Waals surface area contributed by atoms with Crippen molar-refractivity contribution in [2.45, 2.75) is 32.4 Å². The minimum Gasteiger partial charge on any atom is -0.485 e. The average Bonchev–Trinajstić information content (AvgIpc) is 2.66. The van der Waals surface area contributed by atoms with E-state index in [-0.39, 0.29) is 25.0 Å². The van der Waals surface area contributed by atoms with Crippen molar-refractivity contribution in [1.29, 1.82) is 0 Å². The summed E-state index contributed by atoms with van der Waals surface area (Å²) in [5.74, 6) is 0.726. The quantitative estimate of drug-likeness (QED) is 0.765. The van der Waals surface area contributed by atoms with Gasteiger partial charge in [0.05, 0.1) is 6.54 Å². The van der Waals surface area contributed by atoms with Gasteiger partial charge in [0.2, 0.25) is 12.0 Å². The summed E-state index contributed by atoms with van der Waals surface area (Å²) >= 11 is 0. The number of urea groups is 1. The fourth-order valence-corrected chi connectivity index (χ4v) is 3.21. The molecule has 1 aromatic carbocycles. The Morgan fingerprint density at radius 3 is 2.38 bits per heavy atom. The fourth-order valence-electron chi connectivity index (χ4n) is 3.21. The Labute approximate surface area is 170 Å². The first-order valence-corrected chi connectivity index (χ1v) is 9.73. The van der Waals surface area contributed by atoms with Gasteiger partial charge in [0.25, 0.3) is 5.91 Å². The van der Waals surface area contributed by atoms with Crippen LogP contribution in [0, 0.1) is 0 Å². The number of rotatable bonds is 3. The maximum Gasteiger partial charge on any atom is 0.321 e. The average molecular weight is 404 g/mol. The Kier molecular flexibility index (Phi) is 6.26. The highest BCUT2D eigenvalue weighted by atomic mass is 16.6. The van der Waals surface area contributed by atoms with Gasteiger partial charge in [-0.3, -0.25) is 19.8 Å². The van der Waals surface area contributed by atoms with Crippen molar-refractivity contribution in [3.05, 3.63) is 24.3 Å². The van der Waals surface area contributed by atoms with Crippen LogP contribution in [0.5, 0.6) is 11.5 Å². The molecule has 0 spiro atoms. The Morgan fingerprint density at radius 2 is 1.72 bits per heavy atom. The van der Waals surface area contributed by atoms with Crippen LogP contribution in [0.25, 0.3) is 0 Å². The lowest BCUT2D eigenvalue weighted by atomic mass is 10.1. The Hall–Kier alpha value is -2.81. The number of carbonyl (C=O) groups is 3. The Bertz CT molecular complexity index is 768.